The zero-order valence-corrected chi connectivity index (χ0v) is 12.8. The molecule has 1 N–H and O–H groups in total. The van der Waals surface area contributed by atoms with Crippen LogP contribution in [-0.4, -0.2) is 39.0 Å². The molecule has 4 nitrogen and oxygen atoms in total. The van der Waals surface area contributed by atoms with Crippen LogP contribution in [0.5, 0.6) is 0 Å². The number of rotatable bonds is 2. The van der Waals surface area contributed by atoms with E-state index in [0.29, 0.717) is 17.0 Å². The summed E-state index contributed by atoms with van der Waals surface area (Å²) in [7, 11) is -1.41. The van der Waals surface area contributed by atoms with Gasteiger partial charge in [0.2, 0.25) is 0 Å². The molecule has 0 fully saturated rings. The van der Waals surface area contributed by atoms with Gasteiger partial charge in [0.15, 0.2) is 9.84 Å². The summed E-state index contributed by atoms with van der Waals surface area (Å²) < 4.78 is 25.3. The van der Waals surface area contributed by atoms with E-state index < -0.39 is 9.84 Å². The number of nitrogens with zero attached hydrogens (tertiary/aromatic N) is 1. The molecule has 1 unspecified atom stereocenters. The number of sulfone groups is 1. The average Bonchev–Trinajstić information content (AvgIpc) is 2.25. The molecular formula is C12H16BrNO3S. The van der Waals surface area contributed by atoms with Gasteiger partial charge < -0.3 is 10.0 Å². The fourth-order valence-electron chi connectivity index (χ4n) is 2.35. The smallest absolute Gasteiger partial charge is 0.182 e. The first-order valence-corrected chi connectivity index (χ1v) is 8.18. The Hall–Kier alpha value is -0.590. The van der Waals surface area contributed by atoms with Crippen LogP contribution in [0.25, 0.3) is 0 Å². The molecule has 0 aromatic heterocycles. The third kappa shape index (κ3) is 2.29. The highest BCUT2D eigenvalue weighted by atomic mass is 79.9. The Kier molecular flexibility index (Phi) is 3.71. The van der Waals surface area contributed by atoms with Crippen LogP contribution >= 0.6 is 15.9 Å². The van der Waals surface area contributed by atoms with E-state index in [1.54, 1.807) is 6.07 Å². The van der Waals surface area contributed by atoms with Crippen molar-refractivity contribution in [3.8, 4) is 0 Å². The van der Waals surface area contributed by atoms with Crippen molar-refractivity contribution in [2.75, 3.05) is 24.3 Å². The van der Waals surface area contributed by atoms with Gasteiger partial charge in [0.1, 0.15) is 0 Å². The lowest BCUT2D eigenvalue weighted by atomic mass is 10.1. The van der Waals surface area contributed by atoms with Gasteiger partial charge in [0.05, 0.1) is 16.3 Å². The summed E-state index contributed by atoms with van der Waals surface area (Å²) in [6, 6.07) is 3.44. The maximum Gasteiger partial charge on any atom is 0.182 e. The van der Waals surface area contributed by atoms with Gasteiger partial charge in [-0.25, -0.2) is 8.42 Å². The van der Waals surface area contributed by atoms with Crippen LogP contribution in [-0.2, 0) is 9.84 Å². The molecule has 1 aromatic rings. The molecule has 6 heteroatoms. The molecule has 2 rings (SSSR count). The molecule has 0 aliphatic carbocycles. The molecular weight excluding hydrogens is 318 g/mol. The van der Waals surface area contributed by atoms with Crippen LogP contribution in [0.4, 0.5) is 5.69 Å². The molecule has 1 aliphatic rings. The third-order valence-corrected chi connectivity index (χ3v) is 5.69. The van der Waals surface area contributed by atoms with Crippen LogP contribution in [0.2, 0.25) is 0 Å². The Balaban J connectivity index is 2.63. The summed E-state index contributed by atoms with van der Waals surface area (Å²) >= 11 is 3.43. The molecule has 1 aliphatic heterocycles. The highest BCUT2D eigenvalue weighted by molar-refractivity contribution is 9.10. The molecule has 0 saturated heterocycles. The zero-order chi connectivity index (χ0) is 13.5. The van der Waals surface area contributed by atoms with Gasteiger partial charge in [0, 0.05) is 24.2 Å². The lowest BCUT2D eigenvalue weighted by molar-refractivity contribution is 0.277. The van der Waals surface area contributed by atoms with E-state index in [0.717, 1.165) is 10.0 Å². The monoisotopic (exact) mass is 333 g/mol. The quantitative estimate of drug-likeness (QED) is 0.895. The maximum absolute atomic E-state index is 12.3. The number of hydrogen-bond acceptors (Lipinski definition) is 4. The Morgan fingerprint density at radius 1 is 1.50 bits per heavy atom. The van der Waals surface area contributed by atoms with Crippen molar-refractivity contribution in [2.24, 2.45) is 0 Å². The van der Waals surface area contributed by atoms with Gasteiger partial charge in [-0.3, -0.25) is 0 Å². The van der Waals surface area contributed by atoms with Crippen LogP contribution < -0.4 is 4.90 Å². The number of aliphatic hydroxyl groups excluding tert-OH is 1. The molecule has 1 aromatic carbocycles. The van der Waals surface area contributed by atoms with Gasteiger partial charge in [0.25, 0.3) is 0 Å². The van der Waals surface area contributed by atoms with Crippen molar-refractivity contribution in [1.29, 1.82) is 0 Å². The van der Waals surface area contributed by atoms with Gasteiger partial charge in [-0.2, -0.15) is 0 Å². The van der Waals surface area contributed by atoms with E-state index in [1.807, 2.05) is 24.9 Å². The van der Waals surface area contributed by atoms with Gasteiger partial charge >= 0.3 is 0 Å². The van der Waals surface area contributed by atoms with Crippen LogP contribution in [0.1, 0.15) is 12.0 Å². The molecule has 1 atom stereocenters. The second-order valence-electron chi connectivity index (χ2n) is 4.65. The summed E-state index contributed by atoms with van der Waals surface area (Å²) in [5.41, 5.74) is 1.61. The Morgan fingerprint density at radius 2 is 2.17 bits per heavy atom. The maximum atomic E-state index is 12.3. The molecule has 18 heavy (non-hydrogen) atoms. The minimum atomic E-state index is -3.27. The van der Waals surface area contributed by atoms with Crippen LogP contribution in [0, 0.1) is 6.92 Å². The largest absolute Gasteiger partial charge is 0.396 e. The second-order valence-corrected chi connectivity index (χ2v) is 7.51. The first-order valence-electron chi connectivity index (χ1n) is 5.73. The standard InChI is InChI=1S/C12H16BrNO3S/c1-8-5-10(13)12-11(6-8)18(16,17)7-9(3-4-15)14(12)2/h5-6,9,15H,3-4,7H2,1-2H3. The number of anilines is 1. The zero-order valence-electron chi connectivity index (χ0n) is 10.4. The third-order valence-electron chi connectivity index (χ3n) is 3.28. The second kappa shape index (κ2) is 4.83. The first-order chi connectivity index (χ1) is 8.36. The number of aryl methyl sites for hydroxylation is 1. The first kappa shape index (κ1) is 13.8. The highest BCUT2D eigenvalue weighted by Crippen LogP contribution is 2.39. The van der Waals surface area contributed by atoms with Crippen molar-refractivity contribution >= 4 is 31.5 Å². The topological polar surface area (TPSA) is 57.6 Å². The predicted molar refractivity (Wildman–Crippen MR) is 74.8 cm³/mol. The summed E-state index contributed by atoms with van der Waals surface area (Å²) in [6.45, 7) is 1.86. The number of aliphatic hydroxyl groups is 1. The number of benzene rings is 1. The molecule has 0 saturated carbocycles. The molecule has 1 heterocycles. The summed E-state index contributed by atoms with van der Waals surface area (Å²) in [5, 5.41) is 9.03. The van der Waals surface area contributed by atoms with E-state index in [9.17, 15) is 8.42 Å². The van der Waals surface area contributed by atoms with Crippen molar-refractivity contribution in [2.45, 2.75) is 24.3 Å². The summed E-state index contributed by atoms with van der Waals surface area (Å²) in [5.74, 6) is 0.0625. The Morgan fingerprint density at radius 3 is 2.78 bits per heavy atom. The van der Waals surface area contributed by atoms with E-state index in [1.165, 1.54) is 0 Å². The summed E-state index contributed by atoms with van der Waals surface area (Å²) in [4.78, 5) is 2.32. The molecule has 0 amide bonds. The Bertz CT molecular complexity index is 571. The predicted octanol–water partition coefficient (Wildman–Crippen LogP) is 1.73. The van der Waals surface area contributed by atoms with Crippen molar-refractivity contribution in [3.63, 3.8) is 0 Å². The fraction of sp³-hybridized carbons (Fsp3) is 0.500. The van der Waals surface area contributed by atoms with Crippen molar-refractivity contribution in [1.82, 2.24) is 0 Å². The van der Waals surface area contributed by atoms with Gasteiger partial charge in [-0.1, -0.05) is 0 Å². The Labute approximate surface area is 116 Å². The van der Waals surface area contributed by atoms with E-state index >= 15 is 0 Å². The average molecular weight is 334 g/mol. The highest BCUT2D eigenvalue weighted by Gasteiger charge is 2.35. The minimum absolute atomic E-state index is 0.0106. The van der Waals surface area contributed by atoms with Crippen LogP contribution in [0.3, 0.4) is 0 Å². The summed E-state index contributed by atoms with van der Waals surface area (Å²) in [6.07, 6.45) is 0.454. The molecule has 0 spiro atoms. The SMILES string of the molecule is Cc1cc(Br)c2c(c1)S(=O)(=O)CC(CCO)N2C. The number of hydrogen-bond donors (Lipinski definition) is 1. The normalized spacial score (nSPS) is 21.8. The van der Waals surface area contributed by atoms with Crippen molar-refractivity contribution in [3.05, 3.63) is 22.2 Å². The number of halogens is 1. The number of fused-ring (bicyclic) bond motifs is 1. The van der Waals surface area contributed by atoms with E-state index in [-0.39, 0.29) is 18.4 Å². The lowest BCUT2D eigenvalue weighted by Gasteiger charge is -2.36. The van der Waals surface area contributed by atoms with Gasteiger partial charge in [-0.15, -0.1) is 0 Å². The molecule has 0 radical (unpaired) electrons. The van der Waals surface area contributed by atoms with Crippen LogP contribution in [0.15, 0.2) is 21.5 Å². The van der Waals surface area contributed by atoms with E-state index in [2.05, 4.69) is 15.9 Å². The van der Waals surface area contributed by atoms with E-state index in [4.69, 9.17) is 5.11 Å². The van der Waals surface area contributed by atoms with Gasteiger partial charge in [-0.05, 0) is 47.0 Å². The fourth-order valence-corrected chi connectivity index (χ4v) is 5.32. The molecule has 100 valence electrons. The minimum Gasteiger partial charge on any atom is -0.396 e. The lowest BCUT2D eigenvalue weighted by Crippen LogP contribution is -2.43. The molecule has 0 bridgehead atoms. The van der Waals surface area contributed by atoms with Crippen molar-refractivity contribution < 1.29 is 13.5 Å².